The third-order valence-corrected chi connectivity index (χ3v) is 4.38. The molecule has 0 aliphatic rings. The number of carbonyl (C=O) groups is 1. The highest BCUT2D eigenvalue weighted by atomic mass is 35.5. The Morgan fingerprint density at radius 2 is 2.17 bits per heavy atom. The maximum absolute atomic E-state index is 12.3. The van der Waals surface area contributed by atoms with Crippen LogP contribution in [-0.2, 0) is 6.42 Å². The second-order valence-electron chi connectivity index (χ2n) is 4.85. The number of nitrogens with one attached hydrogen (secondary N) is 3. The Hall–Kier alpha value is -2.31. The highest BCUT2D eigenvalue weighted by molar-refractivity contribution is 7.13. The first-order chi connectivity index (χ1) is 11.2. The van der Waals surface area contributed by atoms with Crippen LogP contribution in [-0.4, -0.2) is 16.2 Å². The molecule has 0 atom stereocenters. The topological polar surface area (TPSA) is 69.8 Å². The van der Waals surface area contributed by atoms with E-state index >= 15 is 0 Å². The number of rotatable bonds is 4. The van der Waals surface area contributed by atoms with Gasteiger partial charge in [-0.2, -0.15) is 5.10 Å². The molecule has 7 heteroatoms. The first-order valence-corrected chi connectivity index (χ1v) is 8.38. The summed E-state index contributed by atoms with van der Waals surface area (Å²) >= 11 is 7.50. The number of carbonyl (C=O) groups excluding carboxylic acids is 1. The minimum Gasteiger partial charge on any atom is -0.308 e. The highest BCUT2D eigenvalue weighted by Crippen LogP contribution is 2.32. The van der Waals surface area contributed by atoms with E-state index in [0.717, 1.165) is 22.7 Å². The predicted molar refractivity (Wildman–Crippen MR) is 95.4 cm³/mol. The lowest BCUT2D eigenvalue weighted by Gasteiger charge is -2.09. The second-order valence-corrected chi connectivity index (χ2v) is 6.23. The molecule has 2 aromatic heterocycles. The highest BCUT2D eigenvalue weighted by Gasteiger charge is 2.17. The number of anilines is 2. The van der Waals surface area contributed by atoms with Crippen LogP contribution in [0.5, 0.6) is 0 Å². The Balaban J connectivity index is 1.82. The number of thiophene rings is 1. The van der Waals surface area contributed by atoms with Gasteiger partial charge < -0.3 is 10.6 Å². The quantitative estimate of drug-likeness (QED) is 0.622. The molecule has 3 rings (SSSR count). The summed E-state index contributed by atoms with van der Waals surface area (Å²) in [5, 5.41) is 15.5. The Morgan fingerprint density at radius 1 is 1.30 bits per heavy atom. The third kappa shape index (κ3) is 3.55. The number of urea groups is 1. The summed E-state index contributed by atoms with van der Waals surface area (Å²) in [5.74, 6) is 0. The van der Waals surface area contributed by atoms with E-state index in [-0.39, 0.29) is 6.03 Å². The van der Waals surface area contributed by atoms with Crippen LogP contribution in [0.25, 0.3) is 10.6 Å². The van der Waals surface area contributed by atoms with Gasteiger partial charge in [-0.15, -0.1) is 11.3 Å². The van der Waals surface area contributed by atoms with E-state index in [9.17, 15) is 4.79 Å². The fourth-order valence-electron chi connectivity index (χ4n) is 2.20. The zero-order valence-corrected chi connectivity index (χ0v) is 14.0. The van der Waals surface area contributed by atoms with Crippen molar-refractivity contribution < 1.29 is 4.79 Å². The van der Waals surface area contributed by atoms with E-state index < -0.39 is 0 Å². The Labute approximate surface area is 142 Å². The molecule has 0 unspecified atom stereocenters. The molecule has 118 valence electrons. The summed E-state index contributed by atoms with van der Waals surface area (Å²) in [6.07, 6.45) is 0.741. The maximum Gasteiger partial charge on any atom is 0.323 e. The molecular formula is C16H15ClN4OS. The Bertz CT molecular complexity index is 813. The van der Waals surface area contributed by atoms with Crippen molar-refractivity contribution in [2.24, 2.45) is 0 Å². The van der Waals surface area contributed by atoms with E-state index in [4.69, 9.17) is 11.6 Å². The van der Waals surface area contributed by atoms with Crippen molar-refractivity contribution in [3.05, 3.63) is 52.5 Å². The standard InChI is InChI=1S/C16H15ClN4OS/c1-2-12-14(15(21-20-12)13-7-4-8-23-13)19-16(22)18-11-6-3-5-10(17)9-11/h3-9H,2H2,1H3,(H,20,21)(H2,18,19,22). The van der Waals surface area contributed by atoms with Gasteiger partial charge in [-0.25, -0.2) is 4.79 Å². The third-order valence-electron chi connectivity index (χ3n) is 3.27. The molecule has 0 fully saturated rings. The summed E-state index contributed by atoms with van der Waals surface area (Å²) in [6, 6.07) is 10.6. The van der Waals surface area contributed by atoms with Crippen LogP contribution in [0, 0.1) is 0 Å². The van der Waals surface area contributed by atoms with Crippen LogP contribution < -0.4 is 10.6 Å². The number of aryl methyl sites for hydroxylation is 1. The molecule has 0 saturated heterocycles. The monoisotopic (exact) mass is 346 g/mol. The fraction of sp³-hybridized carbons (Fsp3) is 0.125. The summed E-state index contributed by atoms with van der Waals surface area (Å²) in [4.78, 5) is 13.3. The van der Waals surface area contributed by atoms with Gasteiger partial charge in [-0.05, 0) is 36.1 Å². The van der Waals surface area contributed by atoms with Crippen LogP contribution in [0.15, 0.2) is 41.8 Å². The maximum atomic E-state index is 12.3. The van der Waals surface area contributed by atoms with E-state index in [1.165, 1.54) is 0 Å². The molecule has 0 radical (unpaired) electrons. The van der Waals surface area contributed by atoms with E-state index in [1.807, 2.05) is 24.4 Å². The van der Waals surface area contributed by atoms with Crippen LogP contribution in [0.3, 0.4) is 0 Å². The lowest BCUT2D eigenvalue weighted by molar-refractivity contribution is 0.262. The van der Waals surface area contributed by atoms with Crippen LogP contribution in [0.1, 0.15) is 12.6 Å². The van der Waals surface area contributed by atoms with Gasteiger partial charge in [0, 0.05) is 10.7 Å². The Kier molecular flexibility index (Phi) is 4.64. The number of nitrogens with zero attached hydrogens (tertiary/aromatic N) is 1. The van der Waals surface area contributed by atoms with Crippen molar-refractivity contribution >= 4 is 40.3 Å². The van der Waals surface area contributed by atoms with Crippen molar-refractivity contribution in [3.63, 3.8) is 0 Å². The summed E-state index contributed by atoms with van der Waals surface area (Å²) in [5.41, 5.74) is 2.97. The van der Waals surface area contributed by atoms with Crippen LogP contribution in [0.4, 0.5) is 16.2 Å². The van der Waals surface area contributed by atoms with E-state index in [1.54, 1.807) is 35.6 Å². The van der Waals surface area contributed by atoms with E-state index in [2.05, 4.69) is 20.8 Å². The van der Waals surface area contributed by atoms with Crippen molar-refractivity contribution in [2.75, 3.05) is 10.6 Å². The molecule has 0 aliphatic carbocycles. The Morgan fingerprint density at radius 3 is 2.87 bits per heavy atom. The predicted octanol–water partition coefficient (Wildman–Crippen LogP) is 5.00. The van der Waals surface area contributed by atoms with E-state index in [0.29, 0.717) is 16.4 Å². The first kappa shape index (κ1) is 15.6. The molecule has 0 saturated carbocycles. The van der Waals surface area contributed by atoms with Gasteiger partial charge in [0.1, 0.15) is 5.69 Å². The first-order valence-electron chi connectivity index (χ1n) is 7.12. The van der Waals surface area contributed by atoms with Gasteiger partial charge in [-0.3, -0.25) is 5.10 Å². The molecule has 2 amide bonds. The molecule has 0 bridgehead atoms. The lowest BCUT2D eigenvalue weighted by atomic mass is 10.2. The van der Waals surface area contributed by atoms with Crippen molar-refractivity contribution in [1.82, 2.24) is 10.2 Å². The minimum absolute atomic E-state index is 0.332. The van der Waals surface area contributed by atoms with Crippen LogP contribution >= 0.6 is 22.9 Å². The number of halogens is 1. The molecule has 3 N–H and O–H groups in total. The van der Waals surface area contributed by atoms with Crippen molar-refractivity contribution in [1.29, 1.82) is 0 Å². The van der Waals surface area contributed by atoms with Gasteiger partial charge in [0.2, 0.25) is 0 Å². The smallest absolute Gasteiger partial charge is 0.308 e. The van der Waals surface area contributed by atoms with Gasteiger partial charge in [0.15, 0.2) is 0 Å². The number of benzene rings is 1. The molecule has 0 spiro atoms. The number of aromatic amines is 1. The normalized spacial score (nSPS) is 10.5. The SMILES string of the molecule is CCc1[nH]nc(-c2cccs2)c1NC(=O)Nc1cccc(Cl)c1. The molecular weight excluding hydrogens is 332 g/mol. The number of hydrogen-bond acceptors (Lipinski definition) is 3. The van der Waals surface area contributed by atoms with Gasteiger partial charge >= 0.3 is 6.03 Å². The minimum atomic E-state index is -0.332. The average molecular weight is 347 g/mol. The average Bonchev–Trinajstić information content (AvgIpc) is 3.16. The van der Waals surface area contributed by atoms with Gasteiger partial charge in [0.25, 0.3) is 0 Å². The number of amides is 2. The molecule has 1 aromatic carbocycles. The molecule has 23 heavy (non-hydrogen) atoms. The summed E-state index contributed by atoms with van der Waals surface area (Å²) < 4.78 is 0. The number of H-pyrrole nitrogens is 1. The molecule has 2 heterocycles. The summed E-state index contributed by atoms with van der Waals surface area (Å²) in [6.45, 7) is 2.01. The molecule has 3 aromatic rings. The largest absolute Gasteiger partial charge is 0.323 e. The zero-order chi connectivity index (χ0) is 16.2. The fourth-order valence-corrected chi connectivity index (χ4v) is 3.11. The number of aromatic nitrogens is 2. The second kappa shape index (κ2) is 6.85. The van der Waals surface area contributed by atoms with Gasteiger partial charge in [-0.1, -0.05) is 30.7 Å². The van der Waals surface area contributed by atoms with Gasteiger partial charge in [0.05, 0.1) is 16.3 Å². The van der Waals surface area contributed by atoms with Crippen molar-refractivity contribution in [3.8, 4) is 10.6 Å². The van der Waals surface area contributed by atoms with Crippen molar-refractivity contribution in [2.45, 2.75) is 13.3 Å². The lowest BCUT2D eigenvalue weighted by Crippen LogP contribution is -2.20. The number of hydrogen-bond donors (Lipinski definition) is 3. The molecule has 0 aliphatic heterocycles. The molecule has 5 nitrogen and oxygen atoms in total. The summed E-state index contributed by atoms with van der Waals surface area (Å²) in [7, 11) is 0. The zero-order valence-electron chi connectivity index (χ0n) is 12.4. The van der Waals surface area contributed by atoms with Crippen LogP contribution in [0.2, 0.25) is 5.02 Å².